The third-order valence-electron chi connectivity index (χ3n) is 9.21. The van der Waals surface area contributed by atoms with Gasteiger partial charge in [0, 0.05) is 42.9 Å². The summed E-state index contributed by atoms with van der Waals surface area (Å²) in [4.78, 5) is 14.7. The van der Waals surface area contributed by atoms with Crippen molar-refractivity contribution in [2.75, 3.05) is 0 Å². The van der Waals surface area contributed by atoms with Crippen LogP contribution in [0, 0.1) is 0 Å². The summed E-state index contributed by atoms with van der Waals surface area (Å²) in [5, 5.41) is 10.7. The summed E-state index contributed by atoms with van der Waals surface area (Å²) in [6.07, 6.45) is 1.50. The predicted octanol–water partition coefficient (Wildman–Crippen LogP) is 10.7. The first-order valence-electron chi connectivity index (χ1n) is 16.0. The van der Waals surface area contributed by atoms with Crippen LogP contribution < -0.4 is 5.32 Å². The summed E-state index contributed by atoms with van der Waals surface area (Å²) >= 11 is 1.86. The molecule has 4 heterocycles. The first-order valence-corrected chi connectivity index (χ1v) is 16.8. The number of benzene rings is 6. The molecule has 0 fully saturated rings. The molecule has 10 rings (SSSR count). The average molecular weight is 635 g/mol. The van der Waals surface area contributed by atoms with E-state index in [-0.39, 0.29) is 6.17 Å². The highest BCUT2D eigenvalue weighted by Crippen LogP contribution is 2.41. The van der Waals surface area contributed by atoms with Crippen LogP contribution in [0.15, 0.2) is 160 Å². The monoisotopic (exact) mass is 634 g/mol. The van der Waals surface area contributed by atoms with E-state index in [1.54, 1.807) is 6.20 Å². The molecule has 0 bridgehead atoms. The van der Waals surface area contributed by atoms with Crippen molar-refractivity contribution < 1.29 is 4.42 Å². The SMILES string of the molecule is c1ccc(C2=NC(c3ccccc3)NC(c3ccnc4oc5cc(-c6ccc7sc8c9ccccc9ccc8c7c6)ccc5c34)=N2)cc1. The number of thiophene rings is 1. The van der Waals surface area contributed by atoms with Gasteiger partial charge in [-0.05, 0) is 57.8 Å². The lowest BCUT2D eigenvalue weighted by Crippen LogP contribution is -2.33. The molecule has 3 aromatic heterocycles. The molecule has 226 valence electrons. The summed E-state index contributed by atoms with van der Waals surface area (Å²) < 4.78 is 9.06. The van der Waals surface area contributed by atoms with E-state index < -0.39 is 0 Å². The van der Waals surface area contributed by atoms with Gasteiger partial charge in [0.2, 0.25) is 5.71 Å². The fourth-order valence-electron chi connectivity index (χ4n) is 6.87. The number of hydrogen-bond donors (Lipinski definition) is 1. The zero-order chi connectivity index (χ0) is 31.6. The van der Waals surface area contributed by atoms with Crippen LogP contribution in [-0.2, 0) is 0 Å². The third kappa shape index (κ3) is 4.34. The summed E-state index contributed by atoms with van der Waals surface area (Å²) in [6, 6.07) is 48.7. The van der Waals surface area contributed by atoms with Crippen molar-refractivity contribution >= 4 is 76.0 Å². The minimum Gasteiger partial charge on any atom is -0.438 e. The lowest BCUT2D eigenvalue weighted by Gasteiger charge is -2.23. The van der Waals surface area contributed by atoms with E-state index in [0.717, 1.165) is 50.0 Å². The summed E-state index contributed by atoms with van der Waals surface area (Å²) in [7, 11) is 0. The first kappa shape index (κ1) is 27.0. The number of aliphatic imine (C=N–C) groups is 2. The molecule has 1 atom stereocenters. The van der Waals surface area contributed by atoms with Crippen LogP contribution in [0.3, 0.4) is 0 Å². The lowest BCUT2D eigenvalue weighted by molar-refractivity contribution is 0.653. The van der Waals surface area contributed by atoms with Gasteiger partial charge in [0.25, 0.3) is 0 Å². The summed E-state index contributed by atoms with van der Waals surface area (Å²) in [6.45, 7) is 0. The fourth-order valence-corrected chi connectivity index (χ4v) is 8.09. The summed E-state index contributed by atoms with van der Waals surface area (Å²) in [5.74, 6) is 1.42. The van der Waals surface area contributed by atoms with Crippen LogP contribution in [0.5, 0.6) is 0 Å². The van der Waals surface area contributed by atoms with Gasteiger partial charge in [-0.25, -0.2) is 15.0 Å². The molecule has 6 aromatic carbocycles. The number of rotatable bonds is 4. The van der Waals surface area contributed by atoms with E-state index in [2.05, 4.69) is 95.2 Å². The normalized spacial score (nSPS) is 14.9. The molecule has 0 radical (unpaired) electrons. The largest absolute Gasteiger partial charge is 0.438 e. The molecule has 1 unspecified atom stereocenters. The zero-order valence-electron chi connectivity index (χ0n) is 25.6. The Morgan fingerprint density at radius 3 is 2.29 bits per heavy atom. The maximum absolute atomic E-state index is 6.44. The maximum Gasteiger partial charge on any atom is 0.228 e. The maximum atomic E-state index is 6.44. The summed E-state index contributed by atoms with van der Waals surface area (Å²) in [5.41, 5.74) is 6.57. The van der Waals surface area contributed by atoms with Crippen LogP contribution in [0.2, 0.25) is 0 Å². The molecule has 1 N–H and O–H groups in total. The molecule has 48 heavy (non-hydrogen) atoms. The van der Waals surface area contributed by atoms with Crippen molar-refractivity contribution in [3.63, 3.8) is 0 Å². The lowest BCUT2D eigenvalue weighted by atomic mass is 10.00. The van der Waals surface area contributed by atoms with E-state index in [0.29, 0.717) is 11.5 Å². The Labute approximate surface area is 279 Å². The Hall–Kier alpha value is -6.11. The number of aromatic nitrogens is 1. The molecule has 6 heteroatoms. The van der Waals surface area contributed by atoms with Crippen molar-refractivity contribution in [1.82, 2.24) is 10.3 Å². The third-order valence-corrected chi connectivity index (χ3v) is 10.4. The number of furan rings is 1. The molecule has 1 aliphatic rings. The second kappa shape index (κ2) is 10.7. The minimum atomic E-state index is -0.289. The quantitative estimate of drug-likeness (QED) is 0.210. The highest BCUT2D eigenvalue weighted by atomic mass is 32.1. The highest BCUT2D eigenvalue weighted by molar-refractivity contribution is 7.26. The van der Waals surface area contributed by atoms with Crippen LogP contribution >= 0.6 is 11.3 Å². The number of fused-ring (bicyclic) bond motifs is 8. The Kier molecular flexibility index (Phi) is 6.04. The molecule has 5 nitrogen and oxygen atoms in total. The average Bonchev–Trinajstić information content (AvgIpc) is 3.73. The molecule has 0 aliphatic carbocycles. The molecular formula is C42H26N4OS. The van der Waals surface area contributed by atoms with Crippen LogP contribution in [0.25, 0.3) is 64.1 Å². The number of pyridine rings is 1. The topological polar surface area (TPSA) is 62.8 Å². The zero-order valence-corrected chi connectivity index (χ0v) is 26.4. The Bertz CT molecular complexity index is 2760. The predicted molar refractivity (Wildman–Crippen MR) is 199 cm³/mol. The highest BCUT2D eigenvalue weighted by Gasteiger charge is 2.24. The first-order chi connectivity index (χ1) is 23.8. The van der Waals surface area contributed by atoms with Gasteiger partial charge < -0.3 is 9.73 Å². The van der Waals surface area contributed by atoms with E-state index in [4.69, 9.17) is 14.4 Å². The van der Waals surface area contributed by atoms with Gasteiger partial charge in [0.05, 0.1) is 5.39 Å². The Balaban J connectivity index is 1.09. The molecule has 1 aliphatic heterocycles. The fraction of sp³-hybridized carbons (Fsp3) is 0.0238. The van der Waals surface area contributed by atoms with Gasteiger partial charge in [0.15, 0.2) is 5.84 Å². The minimum absolute atomic E-state index is 0.289. The number of nitrogens with zero attached hydrogens (tertiary/aromatic N) is 3. The van der Waals surface area contributed by atoms with Crippen LogP contribution in [0.1, 0.15) is 22.9 Å². The van der Waals surface area contributed by atoms with Crippen molar-refractivity contribution in [2.45, 2.75) is 6.17 Å². The standard InChI is InChI=1S/C42H26N4OS/c1-3-10-26(11-4-1)39-44-40(27-12-5-2-6-13-27)46-41(45-39)33-21-22-43-42-37(33)32-19-16-29(24-35(32)47-42)28-17-20-36-34(23-28)31-18-15-25-9-7-8-14-30(25)38(31)48-36/h1-24,39H,(H,44,45,46). The van der Waals surface area contributed by atoms with Gasteiger partial charge in [-0.2, -0.15) is 0 Å². The van der Waals surface area contributed by atoms with Crippen molar-refractivity contribution in [3.8, 4) is 11.1 Å². The van der Waals surface area contributed by atoms with Crippen LogP contribution in [-0.4, -0.2) is 16.7 Å². The molecule has 0 saturated heterocycles. The van der Waals surface area contributed by atoms with Gasteiger partial charge in [-0.15, -0.1) is 11.3 Å². The molecule has 9 aromatic rings. The molecular weight excluding hydrogens is 609 g/mol. The van der Waals surface area contributed by atoms with Gasteiger partial charge in [0.1, 0.15) is 17.6 Å². The van der Waals surface area contributed by atoms with Gasteiger partial charge >= 0.3 is 0 Å². The molecule has 0 saturated carbocycles. The van der Waals surface area contributed by atoms with E-state index >= 15 is 0 Å². The molecule has 0 spiro atoms. The van der Waals surface area contributed by atoms with Crippen molar-refractivity contribution in [2.24, 2.45) is 9.98 Å². The second-order valence-electron chi connectivity index (χ2n) is 12.1. The smallest absolute Gasteiger partial charge is 0.228 e. The van der Waals surface area contributed by atoms with E-state index in [1.807, 2.05) is 65.9 Å². The van der Waals surface area contributed by atoms with E-state index in [9.17, 15) is 0 Å². The van der Waals surface area contributed by atoms with Gasteiger partial charge in [-0.3, -0.25) is 0 Å². The van der Waals surface area contributed by atoms with Crippen molar-refractivity contribution in [1.29, 1.82) is 0 Å². The number of nitrogens with one attached hydrogen (secondary N) is 1. The number of amidine groups is 2. The van der Waals surface area contributed by atoms with Gasteiger partial charge in [-0.1, -0.05) is 109 Å². The Morgan fingerprint density at radius 1 is 0.625 bits per heavy atom. The Morgan fingerprint density at radius 2 is 1.40 bits per heavy atom. The number of hydrogen-bond acceptors (Lipinski definition) is 6. The molecule has 0 amide bonds. The van der Waals surface area contributed by atoms with Crippen molar-refractivity contribution in [3.05, 3.63) is 162 Å². The van der Waals surface area contributed by atoms with E-state index in [1.165, 1.54) is 30.9 Å². The second-order valence-corrected chi connectivity index (χ2v) is 13.1. The van der Waals surface area contributed by atoms with Crippen LogP contribution in [0.4, 0.5) is 0 Å².